The molecule has 3 N–H and O–H groups in total. The van der Waals surface area contributed by atoms with Gasteiger partial charge in [0.15, 0.2) is 0 Å². The molecule has 0 aliphatic carbocycles. The Morgan fingerprint density at radius 3 is 2.81 bits per heavy atom. The third-order valence-corrected chi connectivity index (χ3v) is 3.61. The molecule has 16 heavy (non-hydrogen) atoms. The van der Waals surface area contributed by atoms with Crippen molar-refractivity contribution in [3.8, 4) is 0 Å². The SMILES string of the molecule is CCC1CCCCN1C(CO)C(N)COC. The highest BCUT2D eigenvalue weighted by molar-refractivity contribution is 4.87. The van der Waals surface area contributed by atoms with Gasteiger partial charge < -0.3 is 15.6 Å². The first-order valence-corrected chi connectivity index (χ1v) is 6.35. The van der Waals surface area contributed by atoms with Crippen LogP contribution in [0.15, 0.2) is 0 Å². The number of piperidine rings is 1. The van der Waals surface area contributed by atoms with Crippen LogP contribution in [0.2, 0.25) is 0 Å². The molecule has 0 spiro atoms. The molecule has 0 aromatic heterocycles. The van der Waals surface area contributed by atoms with Gasteiger partial charge in [0.1, 0.15) is 0 Å². The number of ether oxygens (including phenoxy) is 1. The molecular weight excluding hydrogens is 204 g/mol. The summed E-state index contributed by atoms with van der Waals surface area (Å²) in [7, 11) is 1.65. The lowest BCUT2D eigenvalue weighted by Crippen LogP contribution is -2.56. The fourth-order valence-corrected chi connectivity index (χ4v) is 2.69. The molecule has 4 heteroatoms. The molecule has 1 heterocycles. The van der Waals surface area contributed by atoms with Gasteiger partial charge in [-0.15, -0.1) is 0 Å². The monoisotopic (exact) mass is 230 g/mol. The summed E-state index contributed by atoms with van der Waals surface area (Å²) in [6, 6.07) is 0.529. The number of rotatable bonds is 6. The van der Waals surface area contributed by atoms with E-state index >= 15 is 0 Å². The van der Waals surface area contributed by atoms with Crippen LogP contribution in [-0.2, 0) is 4.74 Å². The lowest BCUT2D eigenvalue weighted by atomic mass is 9.95. The molecule has 3 atom stereocenters. The molecule has 0 saturated carbocycles. The standard InChI is InChI=1S/C12H26N2O2/c1-3-10-6-4-5-7-14(10)12(8-15)11(13)9-16-2/h10-12,15H,3-9,13H2,1-2H3. The van der Waals surface area contributed by atoms with E-state index in [9.17, 15) is 5.11 Å². The molecule has 4 nitrogen and oxygen atoms in total. The Kier molecular flexibility index (Phi) is 6.28. The summed E-state index contributed by atoms with van der Waals surface area (Å²) in [4.78, 5) is 2.38. The normalized spacial score (nSPS) is 26.6. The fraction of sp³-hybridized carbons (Fsp3) is 1.00. The maximum Gasteiger partial charge on any atom is 0.0629 e. The van der Waals surface area contributed by atoms with E-state index in [4.69, 9.17) is 10.5 Å². The van der Waals surface area contributed by atoms with Crippen molar-refractivity contribution < 1.29 is 9.84 Å². The average molecular weight is 230 g/mol. The highest BCUT2D eigenvalue weighted by atomic mass is 16.5. The number of methoxy groups -OCH3 is 1. The molecule has 0 bridgehead atoms. The number of hydrogen-bond donors (Lipinski definition) is 2. The van der Waals surface area contributed by atoms with Crippen LogP contribution in [-0.4, -0.2) is 55.0 Å². The van der Waals surface area contributed by atoms with Crippen LogP contribution in [0.3, 0.4) is 0 Å². The Labute approximate surface area is 98.8 Å². The second-order valence-electron chi connectivity index (χ2n) is 4.66. The van der Waals surface area contributed by atoms with Crippen molar-refractivity contribution in [2.75, 3.05) is 26.9 Å². The molecular formula is C12H26N2O2. The van der Waals surface area contributed by atoms with Gasteiger partial charge in [0.2, 0.25) is 0 Å². The van der Waals surface area contributed by atoms with Crippen molar-refractivity contribution in [3.05, 3.63) is 0 Å². The third-order valence-electron chi connectivity index (χ3n) is 3.61. The first kappa shape index (κ1) is 13.9. The summed E-state index contributed by atoms with van der Waals surface area (Å²) in [5.74, 6) is 0. The second-order valence-corrected chi connectivity index (χ2v) is 4.66. The van der Waals surface area contributed by atoms with Crippen molar-refractivity contribution in [1.29, 1.82) is 0 Å². The van der Waals surface area contributed by atoms with E-state index in [0.29, 0.717) is 12.6 Å². The van der Waals surface area contributed by atoms with Gasteiger partial charge in [-0.3, -0.25) is 4.90 Å². The van der Waals surface area contributed by atoms with Crippen molar-refractivity contribution in [1.82, 2.24) is 4.90 Å². The van der Waals surface area contributed by atoms with Gasteiger partial charge >= 0.3 is 0 Å². The average Bonchev–Trinajstić information content (AvgIpc) is 2.31. The molecule has 0 aromatic carbocycles. The third kappa shape index (κ3) is 3.42. The van der Waals surface area contributed by atoms with Crippen molar-refractivity contribution in [3.63, 3.8) is 0 Å². The first-order chi connectivity index (χ1) is 7.74. The van der Waals surface area contributed by atoms with Crippen molar-refractivity contribution >= 4 is 0 Å². The minimum atomic E-state index is -0.0952. The Bertz CT molecular complexity index is 190. The minimum Gasteiger partial charge on any atom is -0.395 e. The molecule has 3 unspecified atom stereocenters. The van der Waals surface area contributed by atoms with Gasteiger partial charge in [-0.2, -0.15) is 0 Å². The minimum absolute atomic E-state index is 0.0465. The number of nitrogens with zero attached hydrogens (tertiary/aromatic N) is 1. The van der Waals surface area contributed by atoms with Crippen LogP contribution in [0.4, 0.5) is 0 Å². The molecule has 1 aliphatic heterocycles. The van der Waals surface area contributed by atoms with Crippen molar-refractivity contribution in [2.24, 2.45) is 5.73 Å². The number of aliphatic hydroxyl groups is 1. The van der Waals surface area contributed by atoms with Crippen LogP contribution in [0.5, 0.6) is 0 Å². The molecule has 0 radical (unpaired) electrons. The number of nitrogens with two attached hydrogens (primary N) is 1. The lowest BCUT2D eigenvalue weighted by Gasteiger charge is -2.42. The maximum absolute atomic E-state index is 9.51. The summed E-state index contributed by atoms with van der Waals surface area (Å²) >= 11 is 0. The zero-order valence-electron chi connectivity index (χ0n) is 10.6. The lowest BCUT2D eigenvalue weighted by molar-refractivity contribution is 0.0242. The van der Waals surface area contributed by atoms with Gasteiger partial charge in [-0.05, 0) is 25.8 Å². The molecule has 0 amide bonds. The molecule has 96 valence electrons. The largest absolute Gasteiger partial charge is 0.395 e. The zero-order chi connectivity index (χ0) is 12.0. The van der Waals surface area contributed by atoms with Crippen LogP contribution < -0.4 is 5.73 Å². The van der Waals surface area contributed by atoms with E-state index in [-0.39, 0.29) is 18.7 Å². The van der Waals surface area contributed by atoms with E-state index in [1.54, 1.807) is 7.11 Å². The topological polar surface area (TPSA) is 58.7 Å². The van der Waals surface area contributed by atoms with Gasteiger partial charge in [-0.25, -0.2) is 0 Å². The van der Waals surface area contributed by atoms with Crippen LogP contribution in [0.1, 0.15) is 32.6 Å². The summed E-state index contributed by atoms with van der Waals surface area (Å²) in [5.41, 5.74) is 6.06. The van der Waals surface area contributed by atoms with Gasteiger partial charge in [0.25, 0.3) is 0 Å². The second kappa shape index (κ2) is 7.22. The van der Waals surface area contributed by atoms with Gasteiger partial charge in [-0.1, -0.05) is 13.3 Å². The fourth-order valence-electron chi connectivity index (χ4n) is 2.69. The number of hydrogen-bond acceptors (Lipinski definition) is 4. The Morgan fingerprint density at radius 2 is 2.25 bits per heavy atom. The predicted octanol–water partition coefficient (Wildman–Crippen LogP) is 0.586. The van der Waals surface area contributed by atoms with E-state index in [1.807, 2.05) is 0 Å². The Balaban J connectivity index is 2.61. The molecule has 1 saturated heterocycles. The van der Waals surface area contributed by atoms with Crippen LogP contribution in [0, 0.1) is 0 Å². The predicted molar refractivity (Wildman–Crippen MR) is 65.4 cm³/mol. The van der Waals surface area contributed by atoms with Crippen LogP contribution in [0.25, 0.3) is 0 Å². The number of likely N-dealkylation sites (tertiary alicyclic amines) is 1. The summed E-state index contributed by atoms with van der Waals surface area (Å²) in [5, 5.41) is 9.51. The van der Waals surface area contributed by atoms with Crippen LogP contribution >= 0.6 is 0 Å². The summed E-state index contributed by atoms with van der Waals surface area (Å²) in [6.07, 6.45) is 4.88. The Hall–Kier alpha value is -0.160. The molecule has 1 fully saturated rings. The number of aliphatic hydroxyl groups excluding tert-OH is 1. The summed E-state index contributed by atoms with van der Waals surface area (Å²) in [6.45, 7) is 3.90. The maximum atomic E-state index is 9.51. The quantitative estimate of drug-likeness (QED) is 0.701. The highest BCUT2D eigenvalue weighted by Crippen LogP contribution is 2.22. The van der Waals surface area contributed by atoms with E-state index in [1.165, 1.54) is 19.3 Å². The van der Waals surface area contributed by atoms with Crippen molar-refractivity contribution in [2.45, 2.75) is 50.7 Å². The zero-order valence-corrected chi connectivity index (χ0v) is 10.6. The van der Waals surface area contributed by atoms with Gasteiger partial charge in [0.05, 0.1) is 19.3 Å². The molecule has 1 rings (SSSR count). The molecule has 0 aromatic rings. The summed E-state index contributed by atoms with van der Waals surface area (Å²) < 4.78 is 5.08. The highest BCUT2D eigenvalue weighted by Gasteiger charge is 2.30. The molecule has 1 aliphatic rings. The Morgan fingerprint density at radius 1 is 1.50 bits per heavy atom. The van der Waals surface area contributed by atoms with E-state index in [2.05, 4.69) is 11.8 Å². The van der Waals surface area contributed by atoms with E-state index in [0.717, 1.165) is 13.0 Å². The smallest absolute Gasteiger partial charge is 0.0629 e. The van der Waals surface area contributed by atoms with E-state index < -0.39 is 0 Å². The first-order valence-electron chi connectivity index (χ1n) is 6.35. The van der Waals surface area contributed by atoms with Gasteiger partial charge in [0, 0.05) is 19.2 Å².